The third-order valence-corrected chi connectivity index (χ3v) is 0.813. The van der Waals surface area contributed by atoms with Gasteiger partial charge in [0.05, 0.1) is 0 Å². The van der Waals surface area contributed by atoms with E-state index < -0.39 is 31.1 Å². The van der Waals surface area contributed by atoms with Gasteiger partial charge in [0.2, 0.25) is 0 Å². The van der Waals surface area contributed by atoms with Crippen LogP contribution in [-0.4, -0.2) is 41.4 Å². The standard InChI is InChI=1S/C5H8N2O6/c8-3(6-5(11)7-12)1-13-2-4(9)10/h12H,1-2H2,(H,9,10)(H2,6,7,8,11). The summed E-state index contributed by atoms with van der Waals surface area (Å²) in [5.41, 5.74) is 1.15. The zero-order chi connectivity index (χ0) is 10.3. The molecule has 4 N–H and O–H groups in total. The zero-order valence-electron chi connectivity index (χ0n) is 6.44. The number of rotatable bonds is 4. The molecule has 0 heterocycles. The summed E-state index contributed by atoms with van der Waals surface area (Å²) in [5.74, 6) is -2.08. The largest absolute Gasteiger partial charge is 0.480 e. The molecule has 0 radical (unpaired) electrons. The summed E-state index contributed by atoms with van der Waals surface area (Å²) in [4.78, 5) is 30.7. The van der Waals surface area contributed by atoms with Gasteiger partial charge in [0.15, 0.2) is 0 Å². The van der Waals surface area contributed by atoms with E-state index in [-0.39, 0.29) is 0 Å². The van der Waals surface area contributed by atoms with E-state index in [1.807, 2.05) is 0 Å². The van der Waals surface area contributed by atoms with Crippen molar-refractivity contribution in [3.05, 3.63) is 0 Å². The molecular weight excluding hydrogens is 184 g/mol. The molecule has 0 spiro atoms. The molecule has 0 fully saturated rings. The molecule has 13 heavy (non-hydrogen) atoms. The van der Waals surface area contributed by atoms with E-state index in [1.54, 1.807) is 5.32 Å². The van der Waals surface area contributed by atoms with Crippen LogP contribution >= 0.6 is 0 Å². The van der Waals surface area contributed by atoms with Gasteiger partial charge in [-0.05, 0) is 0 Å². The van der Waals surface area contributed by atoms with E-state index in [0.29, 0.717) is 0 Å². The molecule has 0 aliphatic rings. The first-order chi connectivity index (χ1) is 6.06. The maximum atomic E-state index is 10.6. The van der Waals surface area contributed by atoms with Crippen LogP contribution in [0.2, 0.25) is 0 Å². The van der Waals surface area contributed by atoms with Crippen molar-refractivity contribution >= 4 is 17.9 Å². The van der Waals surface area contributed by atoms with Crippen molar-refractivity contribution in [3.8, 4) is 0 Å². The molecule has 0 aromatic heterocycles. The molecule has 3 amide bonds. The highest BCUT2D eigenvalue weighted by Gasteiger charge is 2.06. The van der Waals surface area contributed by atoms with E-state index in [4.69, 9.17) is 10.3 Å². The van der Waals surface area contributed by atoms with Crippen molar-refractivity contribution in [3.63, 3.8) is 0 Å². The predicted molar refractivity (Wildman–Crippen MR) is 36.9 cm³/mol. The normalized spacial score (nSPS) is 9.00. The summed E-state index contributed by atoms with van der Waals surface area (Å²) in [5, 5.41) is 17.7. The van der Waals surface area contributed by atoms with Gasteiger partial charge in [-0.2, -0.15) is 0 Å². The van der Waals surface area contributed by atoms with E-state index in [9.17, 15) is 14.4 Å². The number of ether oxygens (including phenoxy) is 1. The Morgan fingerprint density at radius 2 is 1.85 bits per heavy atom. The lowest BCUT2D eigenvalue weighted by Crippen LogP contribution is -2.39. The van der Waals surface area contributed by atoms with Crippen LogP contribution < -0.4 is 10.8 Å². The van der Waals surface area contributed by atoms with Gasteiger partial charge in [0, 0.05) is 0 Å². The molecule has 0 atom stereocenters. The number of aliphatic carboxylic acids is 1. The molecule has 8 heteroatoms. The number of amides is 3. The Balaban J connectivity index is 3.52. The SMILES string of the molecule is O=C(O)COCC(=O)NC(=O)NO. The van der Waals surface area contributed by atoms with Gasteiger partial charge < -0.3 is 9.84 Å². The van der Waals surface area contributed by atoms with Gasteiger partial charge in [-0.3, -0.25) is 15.3 Å². The van der Waals surface area contributed by atoms with Gasteiger partial charge in [-0.25, -0.2) is 15.1 Å². The van der Waals surface area contributed by atoms with E-state index >= 15 is 0 Å². The third kappa shape index (κ3) is 6.72. The number of carboxylic acid groups (broad SMARTS) is 1. The van der Waals surface area contributed by atoms with Crippen LogP contribution in [0.15, 0.2) is 0 Å². The number of hydrogen-bond acceptors (Lipinski definition) is 5. The number of carbonyl (C=O) groups excluding carboxylic acids is 2. The van der Waals surface area contributed by atoms with Gasteiger partial charge in [0.25, 0.3) is 5.91 Å². The lowest BCUT2D eigenvalue weighted by molar-refractivity contribution is -0.143. The fourth-order valence-electron chi connectivity index (χ4n) is 0.422. The molecule has 0 rings (SSSR count). The Hall–Kier alpha value is -1.67. The molecule has 0 bridgehead atoms. The number of nitrogens with one attached hydrogen (secondary N) is 2. The lowest BCUT2D eigenvalue weighted by Gasteiger charge is -2.01. The highest BCUT2D eigenvalue weighted by molar-refractivity contribution is 5.94. The second-order valence-corrected chi connectivity index (χ2v) is 1.88. The van der Waals surface area contributed by atoms with E-state index in [2.05, 4.69) is 4.74 Å². The molecule has 0 aliphatic carbocycles. The average Bonchev–Trinajstić information content (AvgIpc) is 2.03. The van der Waals surface area contributed by atoms with Crippen molar-refractivity contribution in [2.45, 2.75) is 0 Å². The Kier molecular flexibility index (Phi) is 5.15. The third-order valence-electron chi connectivity index (χ3n) is 0.813. The Labute approximate surface area is 72.4 Å². The van der Waals surface area contributed by atoms with Crippen LogP contribution in [0.25, 0.3) is 0 Å². The summed E-state index contributed by atoms with van der Waals surface area (Å²) in [7, 11) is 0. The minimum absolute atomic E-state index is 0.570. The maximum Gasteiger partial charge on any atom is 0.345 e. The molecule has 0 saturated carbocycles. The second kappa shape index (κ2) is 5.91. The first-order valence-corrected chi connectivity index (χ1v) is 3.09. The van der Waals surface area contributed by atoms with Crippen molar-refractivity contribution in [2.75, 3.05) is 13.2 Å². The first kappa shape index (κ1) is 11.3. The molecule has 0 aliphatic heterocycles. The maximum absolute atomic E-state index is 10.6. The number of hydroxylamine groups is 1. The molecule has 74 valence electrons. The number of urea groups is 1. The number of carbonyl (C=O) groups is 3. The van der Waals surface area contributed by atoms with Crippen LogP contribution in [0.1, 0.15) is 0 Å². The fourth-order valence-corrected chi connectivity index (χ4v) is 0.422. The minimum atomic E-state index is -1.22. The van der Waals surface area contributed by atoms with Crippen molar-refractivity contribution < 1.29 is 29.4 Å². The predicted octanol–water partition coefficient (Wildman–Crippen LogP) is -1.70. The molecule has 0 aromatic rings. The molecule has 8 nitrogen and oxygen atoms in total. The monoisotopic (exact) mass is 192 g/mol. The van der Waals surface area contributed by atoms with Gasteiger partial charge >= 0.3 is 12.0 Å². The van der Waals surface area contributed by atoms with Crippen molar-refractivity contribution in [1.29, 1.82) is 0 Å². The second-order valence-electron chi connectivity index (χ2n) is 1.88. The molecule has 0 aromatic carbocycles. The summed E-state index contributed by atoms with van der Waals surface area (Å²) in [6.07, 6.45) is 0. The fraction of sp³-hybridized carbons (Fsp3) is 0.400. The number of carboxylic acids is 1. The number of imide groups is 1. The molecular formula is C5H8N2O6. The van der Waals surface area contributed by atoms with Crippen molar-refractivity contribution in [2.24, 2.45) is 0 Å². The lowest BCUT2D eigenvalue weighted by atomic mass is 10.6. The van der Waals surface area contributed by atoms with Crippen LogP contribution in [0, 0.1) is 0 Å². The summed E-state index contributed by atoms with van der Waals surface area (Å²) in [6.45, 7) is -1.20. The van der Waals surface area contributed by atoms with Gasteiger partial charge in [0.1, 0.15) is 13.2 Å². The van der Waals surface area contributed by atoms with Crippen LogP contribution in [0.4, 0.5) is 4.79 Å². The Bertz CT molecular complexity index is 215. The summed E-state index contributed by atoms with van der Waals surface area (Å²) in [6, 6.07) is -1.11. The molecule has 0 saturated heterocycles. The van der Waals surface area contributed by atoms with Gasteiger partial charge in [-0.15, -0.1) is 0 Å². The van der Waals surface area contributed by atoms with Crippen LogP contribution in [0.3, 0.4) is 0 Å². The first-order valence-electron chi connectivity index (χ1n) is 3.09. The van der Waals surface area contributed by atoms with E-state index in [1.165, 1.54) is 0 Å². The minimum Gasteiger partial charge on any atom is -0.480 e. The number of hydrogen-bond donors (Lipinski definition) is 4. The average molecular weight is 192 g/mol. The Morgan fingerprint density at radius 1 is 1.23 bits per heavy atom. The van der Waals surface area contributed by atoms with Gasteiger partial charge in [-0.1, -0.05) is 0 Å². The quantitative estimate of drug-likeness (QED) is 0.311. The smallest absolute Gasteiger partial charge is 0.345 e. The van der Waals surface area contributed by atoms with E-state index in [0.717, 1.165) is 5.48 Å². The highest BCUT2D eigenvalue weighted by atomic mass is 16.5. The van der Waals surface area contributed by atoms with Crippen molar-refractivity contribution in [1.82, 2.24) is 10.8 Å². The topological polar surface area (TPSA) is 125 Å². The summed E-state index contributed by atoms with van der Waals surface area (Å²) < 4.78 is 4.33. The molecule has 0 unspecified atom stereocenters. The zero-order valence-corrected chi connectivity index (χ0v) is 6.44. The van der Waals surface area contributed by atoms with Crippen LogP contribution in [0.5, 0.6) is 0 Å². The highest BCUT2D eigenvalue weighted by Crippen LogP contribution is 1.75. The van der Waals surface area contributed by atoms with Crippen LogP contribution in [-0.2, 0) is 14.3 Å². The summed E-state index contributed by atoms with van der Waals surface area (Å²) >= 11 is 0. The Morgan fingerprint density at radius 3 is 2.31 bits per heavy atom.